The molecule has 0 spiro atoms. The van der Waals surface area contributed by atoms with Gasteiger partial charge in [-0.1, -0.05) is 30.3 Å². The summed E-state index contributed by atoms with van der Waals surface area (Å²) in [6, 6.07) is 10.1. The van der Waals surface area contributed by atoms with E-state index in [4.69, 9.17) is 0 Å². The highest BCUT2D eigenvalue weighted by Gasteiger charge is 2.33. The molecule has 1 aromatic heterocycles. The minimum absolute atomic E-state index is 0.0246. The highest BCUT2D eigenvalue weighted by Crippen LogP contribution is 2.41. The number of carbonyl (C=O) groups is 2. The Morgan fingerprint density at radius 2 is 2.16 bits per heavy atom. The lowest BCUT2D eigenvalue weighted by atomic mass is 10.0. The number of hydrogen-bond donors (Lipinski definition) is 2. The second kappa shape index (κ2) is 6.84. The number of amides is 3. The van der Waals surface area contributed by atoms with Crippen LogP contribution >= 0.6 is 11.3 Å². The molecule has 1 atom stereocenters. The molecule has 4 rings (SSSR count). The summed E-state index contributed by atoms with van der Waals surface area (Å²) in [5.74, 6) is 0.508. The molecule has 2 N–H and O–H groups in total. The predicted molar refractivity (Wildman–Crippen MR) is 96.6 cm³/mol. The first-order chi connectivity index (χ1) is 12.2. The van der Waals surface area contributed by atoms with Gasteiger partial charge in [-0.15, -0.1) is 11.3 Å². The standard InChI is InChI=1S/C18H20N4O2S/c23-15(21-16(13-6-7-13)12-4-2-1-3-5-12)10-14-11-25-18(20-14)22-9-8-19-17(22)24/h1-5,11,13,16H,6-10H2,(H,19,24)(H,21,23)/t16-/m1/s1. The zero-order valence-electron chi connectivity index (χ0n) is 13.8. The molecular weight excluding hydrogens is 336 g/mol. The van der Waals surface area contributed by atoms with Crippen LogP contribution in [0.5, 0.6) is 0 Å². The molecule has 2 aromatic rings. The van der Waals surface area contributed by atoms with Crippen molar-refractivity contribution in [2.24, 2.45) is 5.92 Å². The Morgan fingerprint density at radius 1 is 1.36 bits per heavy atom. The molecule has 1 saturated heterocycles. The topological polar surface area (TPSA) is 74.3 Å². The Labute approximate surface area is 150 Å². The second-order valence-corrected chi connectivity index (χ2v) is 7.31. The van der Waals surface area contributed by atoms with E-state index >= 15 is 0 Å². The molecule has 0 unspecified atom stereocenters. The minimum Gasteiger partial charge on any atom is -0.349 e. The average molecular weight is 356 g/mol. The smallest absolute Gasteiger partial charge is 0.323 e. The van der Waals surface area contributed by atoms with E-state index in [1.165, 1.54) is 11.3 Å². The van der Waals surface area contributed by atoms with Crippen molar-refractivity contribution in [3.63, 3.8) is 0 Å². The van der Waals surface area contributed by atoms with E-state index in [2.05, 4.69) is 27.8 Å². The summed E-state index contributed by atoms with van der Waals surface area (Å²) in [6.45, 7) is 1.25. The maximum Gasteiger partial charge on any atom is 0.323 e. The largest absolute Gasteiger partial charge is 0.349 e. The summed E-state index contributed by atoms with van der Waals surface area (Å²) in [6.07, 6.45) is 2.55. The van der Waals surface area contributed by atoms with Crippen LogP contribution in [-0.4, -0.2) is 30.0 Å². The van der Waals surface area contributed by atoms with E-state index < -0.39 is 0 Å². The summed E-state index contributed by atoms with van der Waals surface area (Å²) in [7, 11) is 0. The molecule has 0 radical (unpaired) electrons. The zero-order valence-corrected chi connectivity index (χ0v) is 14.6. The third-order valence-electron chi connectivity index (χ3n) is 4.54. The molecule has 1 aliphatic heterocycles. The third-order valence-corrected chi connectivity index (χ3v) is 5.45. The van der Waals surface area contributed by atoms with Gasteiger partial charge in [-0.2, -0.15) is 0 Å². The van der Waals surface area contributed by atoms with Gasteiger partial charge >= 0.3 is 6.03 Å². The monoisotopic (exact) mass is 356 g/mol. The lowest BCUT2D eigenvalue weighted by Gasteiger charge is -2.18. The summed E-state index contributed by atoms with van der Waals surface area (Å²) in [5, 5.41) is 8.43. The minimum atomic E-state index is -0.122. The number of hydrogen-bond acceptors (Lipinski definition) is 4. The summed E-state index contributed by atoms with van der Waals surface area (Å²) in [4.78, 5) is 30.2. The lowest BCUT2D eigenvalue weighted by Crippen LogP contribution is -2.31. The van der Waals surface area contributed by atoms with E-state index in [1.807, 2.05) is 23.6 Å². The Balaban J connectivity index is 1.40. The van der Waals surface area contributed by atoms with Gasteiger partial charge in [-0.3, -0.25) is 9.69 Å². The van der Waals surface area contributed by atoms with Crippen molar-refractivity contribution in [3.8, 4) is 0 Å². The maximum atomic E-state index is 12.5. The van der Waals surface area contributed by atoms with Gasteiger partial charge in [0.25, 0.3) is 0 Å². The van der Waals surface area contributed by atoms with Gasteiger partial charge in [0.1, 0.15) is 0 Å². The molecule has 1 saturated carbocycles. The highest BCUT2D eigenvalue weighted by atomic mass is 32.1. The van der Waals surface area contributed by atoms with E-state index in [0.717, 1.165) is 18.4 Å². The van der Waals surface area contributed by atoms with Gasteiger partial charge < -0.3 is 10.6 Å². The fraction of sp³-hybridized carbons (Fsp3) is 0.389. The van der Waals surface area contributed by atoms with Crippen LogP contribution in [0.1, 0.15) is 30.1 Å². The number of benzene rings is 1. The van der Waals surface area contributed by atoms with Crippen molar-refractivity contribution in [2.45, 2.75) is 25.3 Å². The van der Waals surface area contributed by atoms with Gasteiger partial charge in [-0.05, 0) is 24.3 Å². The molecule has 2 fully saturated rings. The second-order valence-electron chi connectivity index (χ2n) is 6.48. The average Bonchev–Trinajstić information content (AvgIpc) is 3.21. The van der Waals surface area contributed by atoms with E-state index in [1.54, 1.807) is 4.90 Å². The van der Waals surface area contributed by atoms with Gasteiger partial charge in [0.2, 0.25) is 5.91 Å². The number of rotatable bonds is 6. The molecule has 0 bridgehead atoms. The normalized spacial score (nSPS) is 18.1. The number of carbonyl (C=O) groups excluding carboxylic acids is 2. The van der Waals surface area contributed by atoms with Crippen LogP contribution in [0.2, 0.25) is 0 Å². The molecule has 25 heavy (non-hydrogen) atoms. The van der Waals surface area contributed by atoms with Crippen LogP contribution in [0.25, 0.3) is 0 Å². The first-order valence-electron chi connectivity index (χ1n) is 8.55. The van der Waals surface area contributed by atoms with Gasteiger partial charge in [-0.25, -0.2) is 9.78 Å². The number of urea groups is 1. The van der Waals surface area contributed by atoms with E-state index in [-0.39, 0.29) is 24.4 Å². The predicted octanol–water partition coefficient (Wildman–Crippen LogP) is 2.48. The van der Waals surface area contributed by atoms with Crippen LogP contribution in [0, 0.1) is 5.92 Å². The van der Waals surface area contributed by atoms with Crippen molar-refractivity contribution in [1.82, 2.24) is 15.6 Å². The van der Waals surface area contributed by atoms with Gasteiger partial charge in [0.05, 0.1) is 18.2 Å². The van der Waals surface area contributed by atoms with Gasteiger partial charge in [0, 0.05) is 18.5 Å². The molecule has 1 aliphatic carbocycles. The fourth-order valence-corrected chi connectivity index (χ4v) is 3.96. The molecule has 6 nitrogen and oxygen atoms in total. The molecule has 1 aromatic carbocycles. The number of aromatic nitrogens is 1. The maximum absolute atomic E-state index is 12.5. The zero-order chi connectivity index (χ0) is 17.2. The Hall–Kier alpha value is -2.41. The summed E-state index contributed by atoms with van der Waals surface area (Å²) in [5.41, 5.74) is 1.87. The third kappa shape index (κ3) is 3.66. The summed E-state index contributed by atoms with van der Waals surface area (Å²) >= 11 is 1.40. The van der Waals surface area contributed by atoms with Crippen LogP contribution < -0.4 is 15.5 Å². The van der Waals surface area contributed by atoms with Crippen molar-refractivity contribution in [1.29, 1.82) is 0 Å². The SMILES string of the molecule is O=C(Cc1csc(N2CCNC2=O)n1)N[C@H](c1ccccc1)C1CC1. The van der Waals surface area contributed by atoms with E-state index in [0.29, 0.717) is 29.8 Å². The Kier molecular flexibility index (Phi) is 4.40. The Bertz CT molecular complexity index is 772. The molecule has 2 heterocycles. The molecule has 130 valence electrons. The van der Waals surface area contributed by atoms with Crippen LogP contribution in [0.15, 0.2) is 35.7 Å². The summed E-state index contributed by atoms with van der Waals surface area (Å²) < 4.78 is 0. The van der Waals surface area contributed by atoms with Crippen molar-refractivity contribution in [3.05, 3.63) is 47.0 Å². The number of nitrogens with one attached hydrogen (secondary N) is 2. The van der Waals surface area contributed by atoms with Crippen molar-refractivity contribution < 1.29 is 9.59 Å². The van der Waals surface area contributed by atoms with Crippen molar-refractivity contribution in [2.75, 3.05) is 18.0 Å². The number of thiazole rings is 1. The first kappa shape index (κ1) is 16.1. The molecule has 3 amide bonds. The fourth-order valence-electron chi connectivity index (χ4n) is 3.11. The van der Waals surface area contributed by atoms with E-state index in [9.17, 15) is 9.59 Å². The highest BCUT2D eigenvalue weighted by molar-refractivity contribution is 7.14. The van der Waals surface area contributed by atoms with Crippen LogP contribution in [0.3, 0.4) is 0 Å². The number of nitrogens with zero attached hydrogens (tertiary/aromatic N) is 2. The molecular formula is C18H20N4O2S. The molecule has 7 heteroatoms. The quantitative estimate of drug-likeness (QED) is 0.835. The number of anilines is 1. The lowest BCUT2D eigenvalue weighted by molar-refractivity contribution is -0.121. The van der Waals surface area contributed by atoms with Gasteiger partial charge in [0.15, 0.2) is 5.13 Å². The Morgan fingerprint density at radius 3 is 2.84 bits per heavy atom. The first-order valence-corrected chi connectivity index (χ1v) is 9.43. The van der Waals surface area contributed by atoms with Crippen molar-refractivity contribution >= 4 is 28.4 Å². The molecule has 2 aliphatic rings. The van der Waals surface area contributed by atoms with Crippen LogP contribution in [0.4, 0.5) is 9.93 Å². The van der Waals surface area contributed by atoms with Crippen LogP contribution in [-0.2, 0) is 11.2 Å².